The highest BCUT2D eigenvalue weighted by Gasteiger charge is 2.40. The monoisotopic (exact) mass is 522 g/mol. The molecular weight excluding hydrogens is 484 g/mol. The number of hydrogen-bond acceptors (Lipinski definition) is 2. The number of para-hydroxylation sites is 2. The Balaban J connectivity index is 1.29. The molecule has 8 bridgehead atoms. The van der Waals surface area contributed by atoms with Gasteiger partial charge in [0.15, 0.2) is 0 Å². The highest BCUT2D eigenvalue weighted by Crippen LogP contribution is 2.57. The van der Waals surface area contributed by atoms with Crippen LogP contribution >= 0.6 is 0 Å². The zero-order valence-corrected chi connectivity index (χ0v) is 23.8. The molecule has 2 fully saturated rings. The average Bonchev–Trinajstić information content (AvgIpc) is 3.79. The van der Waals surface area contributed by atoms with Crippen molar-refractivity contribution in [1.29, 1.82) is 0 Å². The first-order chi connectivity index (χ1) is 19.6. The van der Waals surface area contributed by atoms with E-state index in [1.165, 1.54) is 72.2 Å². The molecule has 2 saturated carbocycles. The van der Waals surface area contributed by atoms with Crippen LogP contribution in [0.3, 0.4) is 0 Å². The van der Waals surface area contributed by atoms with Gasteiger partial charge < -0.3 is 9.80 Å². The number of rotatable bonds is 0. The van der Waals surface area contributed by atoms with Crippen molar-refractivity contribution in [3.05, 3.63) is 106 Å². The van der Waals surface area contributed by atoms with Crippen LogP contribution in [-0.2, 0) is 13.1 Å². The van der Waals surface area contributed by atoms with Gasteiger partial charge in [-0.05, 0) is 131 Å². The first-order valence-electron chi connectivity index (χ1n) is 15.6. The van der Waals surface area contributed by atoms with Gasteiger partial charge >= 0.3 is 0 Å². The Hall–Kier alpha value is -3.52. The molecule has 0 radical (unpaired) electrons. The lowest BCUT2D eigenvalue weighted by molar-refractivity contribution is 0.705. The molecule has 5 aliphatic rings. The molecule has 1 aliphatic heterocycles. The fourth-order valence-corrected chi connectivity index (χ4v) is 9.55. The van der Waals surface area contributed by atoms with Gasteiger partial charge in [-0.15, -0.1) is 0 Å². The van der Waals surface area contributed by atoms with Gasteiger partial charge in [0.2, 0.25) is 0 Å². The summed E-state index contributed by atoms with van der Waals surface area (Å²) in [6.07, 6.45) is 8.17. The standard InChI is InChI=1S/C38H38N2/c1-39-21-29-17-28(20-33-23-11-13-25(15-23)37(29)33)32-8-4-6-10-36(32)40(2)22-30-18-27(31-7-3-5-9-35(31)39)19-34-24-12-14-26(16-24)38(30)34/h3-10,17-20,23-26H,11-16,21-22H2,1-2H3. The van der Waals surface area contributed by atoms with Crippen LogP contribution in [0.4, 0.5) is 11.4 Å². The molecule has 4 unspecified atom stereocenters. The van der Waals surface area contributed by atoms with Crippen LogP contribution in [0.5, 0.6) is 0 Å². The third kappa shape index (κ3) is 3.28. The Bertz CT molecular complexity index is 1560. The molecule has 0 amide bonds. The third-order valence-corrected chi connectivity index (χ3v) is 11.2. The Morgan fingerprint density at radius 2 is 0.950 bits per heavy atom. The van der Waals surface area contributed by atoms with E-state index >= 15 is 0 Å². The van der Waals surface area contributed by atoms with Crippen LogP contribution in [0.25, 0.3) is 22.3 Å². The zero-order valence-electron chi connectivity index (χ0n) is 23.8. The summed E-state index contributed by atoms with van der Waals surface area (Å²) in [6, 6.07) is 28.6. The maximum atomic E-state index is 2.58. The minimum absolute atomic E-state index is 0.748. The van der Waals surface area contributed by atoms with Crippen molar-refractivity contribution in [2.75, 3.05) is 23.9 Å². The summed E-state index contributed by atoms with van der Waals surface area (Å²) < 4.78 is 0. The highest BCUT2D eigenvalue weighted by molar-refractivity contribution is 5.83. The molecule has 200 valence electrons. The molecule has 0 saturated heterocycles. The predicted octanol–water partition coefficient (Wildman–Crippen LogP) is 9.34. The fraction of sp³-hybridized carbons (Fsp3) is 0.368. The first-order valence-corrected chi connectivity index (χ1v) is 15.6. The number of benzene rings is 4. The van der Waals surface area contributed by atoms with E-state index < -0.39 is 0 Å². The molecule has 0 spiro atoms. The van der Waals surface area contributed by atoms with Gasteiger partial charge in [-0.25, -0.2) is 0 Å². The molecule has 4 aromatic carbocycles. The van der Waals surface area contributed by atoms with E-state index in [9.17, 15) is 0 Å². The summed E-state index contributed by atoms with van der Waals surface area (Å²) in [5.41, 5.74) is 18.0. The molecule has 4 aromatic rings. The van der Waals surface area contributed by atoms with Gasteiger partial charge in [0.05, 0.1) is 0 Å². The molecule has 2 nitrogen and oxygen atoms in total. The second-order valence-electron chi connectivity index (χ2n) is 13.4. The van der Waals surface area contributed by atoms with E-state index in [0.29, 0.717) is 0 Å². The van der Waals surface area contributed by atoms with Gasteiger partial charge in [-0.3, -0.25) is 0 Å². The summed E-state index contributed by atoms with van der Waals surface area (Å²) in [7, 11) is 4.63. The molecule has 1 heterocycles. The van der Waals surface area contributed by atoms with Gasteiger partial charge in [-0.1, -0.05) is 48.5 Å². The molecular formula is C38H38N2. The quantitative estimate of drug-likeness (QED) is 0.227. The predicted molar refractivity (Wildman–Crippen MR) is 167 cm³/mol. The average molecular weight is 523 g/mol. The molecule has 9 rings (SSSR count). The Morgan fingerprint density at radius 1 is 0.525 bits per heavy atom. The smallest absolute Gasteiger partial charge is 0.0446 e. The third-order valence-electron chi connectivity index (χ3n) is 11.2. The van der Waals surface area contributed by atoms with Crippen molar-refractivity contribution >= 4 is 11.4 Å². The Labute approximate surface area is 238 Å². The normalized spacial score (nSPS) is 25.4. The van der Waals surface area contributed by atoms with Crippen LogP contribution in [0.1, 0.15) is 95.6 Å². The van der Waals surface area contributed by atoms with Crippen molar-refractivity contribution in [3.8, 4) is 22.3 Å². The first kappa shape index (κ1) is 23.2. The van der Waals surface area contributed by atoms with Gasteiger partial charge in [-0.2, -0.15) is 0 Å². The summed E-state index contributed by atoms with van der Waals surface area (Å²) in [5, 5.41) is 0. The lowest BCUT2D eigenvalue weighted by Gasteiger charge is -2.30. The SMILES string of the molecule is CN1Cc2cc(cc3c2C2CCC3C2)-c2ccccc2N(C)Cc2cc(cc3c2C2CCC3C2)-c2ccccc21. The number of hydrogen-bond donors (Lipinski definition) is 0. The van der Waals surface area contributed by atoms with Crippen molar-refractivity contribution in [2.24, 2.45) is 0 Å². The second-order valence-corrected chi connectivity index (χ2v) is 13.4. The Kier molecular flexibility index (Phi) is 4.93. The number of nitrogens with zero attached hydrogens (tertiary/aromatic N) is 2. The van der Waals surface area contributed by atoms with Gasteiger partial charge in [0.1, 0.15) is 0 Å². The number of fused-ring (bicyclic) bond motifs is 20. The van der Waals surface area contributed by atoms with Crippen LogP contribution < -0.4 is 9.80 Å². The lowest BCUT2D eigenvalue weighted by atomic mass is 9.84. The fourth-order valence-electron chi connectivity index (χ4n) is 9.55. The van der Waals surface area contributed by atoms with Gasteiger partial charge in [0.25, 0.3) is 0 Å². The van der Waals surface area contributed by atoms with E-state index in [4.69, 9.17) is 0 Å². The second kappa shape index (κ2) is 8.49. The largest absolute Gasteiger partial charge is 0.370 e. The van der Waals surface area contributed by atoms with E-state index in [1.807, 2.05) is 0 Å². The maximum absolute atomic E-state index is 2.58. The summed E-state index contributed by atoms with van der Waals surface area (Å²) in [5.74, 6) is 2.99. The summed E-state index contributed by atoms with van der Waals surface area (Å²) >= 11 is 0. The van der Waals surface area contributed by atoms with Crippen molar-refractivity contribution < 1.29 is 0 Å². The zero-order chi connectivity index (χ0) is 26.5. The molecule has 40 heavy (non-hydrogen) atoms. The molecule has 0 N–H and O–H groups in total. The molecule has 4 atom stereocenters. The molecule has 2 heteroatoms. The maximum Gasteiger partial charge on any atom is 0.0446 e. The van der Waals surface area contributed by atoms with Crippen LogP contribution in [-0.4, -0.2) is 14.1 Å². The van der Waals surface area contributed by atoms with E-state index in [2.05, 4.69) is 96.7 Å². The van der Waals surface area contributed by atoms with Crippen molar-refractivity contribution in [2.45, 2.75) is 75.3 Å². The lowest BCUT2D eigenvalue weighted by Crippen LogP contribution is -2.21. The molecule has 4 aliphatic carbocycles. The number of anilines is 2. The minimum atomic E-state index is 0.748. The molecule has 0 aromatic heterocycles. The minimum Gasteiger partial charge on any atom is -0.370 e. The van der Waals surface area contributed by atoms with Crippen LogP contribution in [0, 0.1) is 0 Å². The topological polar surface area (TPSA) is 6.48 Å². The van der Waals surface area contributed by atoms with Crippen molar-refractivity contribution in [3.63, 3.8) is 0 Å². The van der Waals surface area contributed by atoms with Crippen molar-refractivity contribution in [1.82, 2.24) is 0 Å². The Morgan fingerprint density at radius 3 is 1.43 bits per heavy atom. The summed E-state index contributed by atoms with van der Waals surface area (Å²) in [4.78, 5) is 5.06. The van der Waals surface area contributed by atoms with Gasteiger partial charge in [0, 0.05) is 49.7 Å². The van der Waals surface area contributed by atoms with E-state index in [0.717, 1.165) is 36.8 Å². The highest BCUT2D eigenvalue weighted by atomic mass is 15.1. The van der Waals surface area contributed by atoms with E-state index in [1.54, 1.807) is 33.4 Å². The van der Waals surface area contributed by atoms with E-state index in [-0.39, 0.29) is 0 Å². The van der Waals surface area contributed by atoms with Crippen LogP contribution in [0.2, 0.25) is 0 Å². The van der Waals surface area contributed by atoms with Crippen LogP contribution in [0.15, 0.2) is 72.8 Å². The summed E-state index contributed by atoms with van der Waals surface area (Å²) in [6.45, 7) is 1.91.